The van der Waals surface area contributed by atoms with Crippen LogP contribution in [-0.2, 0) is 0 Å². The summed E-state index contributed by atoms with van der Waals surface area (Å²) in [5, 5.41) is 10.2. The van der Waals surface area contributed by atoms with Crippen LogP contribution >= 0.6 is 0 Å². The molecule has 1 heteroatoms. The molecule has 0 atom stereocenters. The molecule has 0 aromatic carbocycles. The third-order valence-electron chi connectivity index (χ3n) is 2.96. The predicted molar refractivity (Wildman–Crippen MR) is 49.9 cm³/mol. The highest BCUT2D eigenvalue weighted by Crippen LogP contribution is 2.37. The lowest BCUT2D eigenvalue weighted by Crippen LogP contribution is -2.26. The minimum Gasteiger partial charge on any atom is -0.385 e. The third kappa shape index (κ3) is 1.34. The van der Waals surface area contributed by atoms with Gasteiger partial charge in [-0.3, -0.25) is 0 Å². The second-order valence-electron chi connectivity index (χ2n) is 3.88. The lowest BCUT2D eigenvalue weighted by Gasteiger charge is -2.25. The van der Waals surface area contributed by atoms with E-state index in [1.165, 1.54) is 18.4 Å². The van der Waals surface area contributed by atoms with Crippen molar-refractivity contribution in [1.82, 2.24) is 0 Å². The minimum absolute atomic E-state index is 0.461. The van der Waals surface area contributed by atoms with Crippen molar-refractivity contribution in [3.05, 3.63) is 23.8 Å². The van der Waals surface area contributed by atoms with Gasteiger partial charge in [-0.2, -0.15) is 0 Å². The van der Waals surface area contributed by atoms with Gasteiger partial charge in [0.2, 0.25) is 0 Å². The average molecular weight is 164 g/mol. The number of allylic oxidation sites excluding steroid dienone is 2. The summed E-state index contributed by atoms with van der Waals surface area (Å²) in [6.45, 7) is 0. The van der Waals surface area contributed by atoms with E-state index in [1.54, 1.807) is 0 Å². The predicted octanol–water partition coefficient (Wildman–Crippen LogP) is 2.57. The van der Waals surface area contributed by atoms with Crippen LogP contribution in [0.3, 0.4) is 0 Å². The highest BCUT2D eigenvalue weighted by atomic mass is 16.3. The lowest BCUT2D eigenvalue weighted by molar-refractivity contribution is 0.0894. The Morgan fingerprint density at radius 1 is 1.17 bits per heavy atom. The summed E-state index contributed by atoms with van der Waals surface area (Å²) in [5.74, 6) is 0. The van der Waals surface area contributed by atoms with Crippen molar-refractivity contribution in [1.29, 1.82) is 0 Å². The molecule has 0 radical (unpaired) electrons. The fraction of sp³-hybridized carbons (Fsp3) is 0.636. The second-order valence-corrected chi connectivity index (χ2v) is 3.88. The molecule has 0 aromatic heterocycles. The number of hydrogen-bond donors (Lipinski definition) is 1. The zero-order chi connectivity index (χ0) is 8.44. The van der Waals surface area contributed by atoms with Gasteiger partial charge in [0.25, 0.3) is 0 Å². The number of rotatable bonds is 1. The van der Waals surface area contributed by atoms with E-state index in [2.05, 4.69) is 18.2 Å². The van der Waals surface area contributed by atoms with Crippen LogP contribution in [0.15, 0.2) is 23.8 Å². The monoisotopic (exact) mass is 164 g/mol. The zero-order valence-corrected chi connectivity index (χ0v) is 7.42. The van der Waals surface area contributed by atoms with Crippen LogP contribution in [0.1, 0.15) is 38.5 Å². The molecular formula is C11H16O. The zero-order valence-electron chi connectivity index (χ0n) is 7.42. The summed E-state index contributed by atoms with van der Waals surface area (Å²) in [5.41, 5.74) is 0.711. The van der Waals surface area contributed by atoms with Gasteiger partial charge in [0, 0.05) is 0 Å². The Balaban J connectivity index is 2.16. The van der Waals surface area contributed by atoms with E-state index >= 15 is 0 Å². The van der Waals surface area contributed by atoms with Gasteiger partial charge in [0.15, 0.2) is 0 Å². The molecule has 2 aliphatic rings. The SMILES string of the molecule is OC1(C2=CCCC=C2)CCCC1. The molecule has 2 rings (SSSR count). The molecule has 0 spiro atoms. The van der Waals surface area contributed by atoms with Gasteiger partial charge in [0.1, 0.15) is 0 Å². The quantitative estimate of drug-likeness (QED) is 0.631. The molecule has 1 N–H and O–H groups in total. The van der Waals surface area contributed by atoms with Crippen molar-refractivity contribution in [3.63, 3.8) is 0 Å². The van der Waals surface area contributed by atoms with Crippen LogP contribution < -0.4 is 0 Å². The van der Waals surface area contributed by atoms with Gasteiger partial charge in [-0.25, -0.2) is 0 Å². The maximum Gasteiger partial charge on any atom is 0.0893 e. The Hall–Kier alpha value is -0.560. The Morgan fingerprint density at radius 2 is 1.92 bits per heavy atom. The summed E-state index contributed by atoms with van der Waals surface area (Å²) < 4.78 is 0. The van der Waals surface area contributed by atoms with Crippen LogP contribution in [0.25, 0.3) is 0 Å². The standard InChI is InChI=1S/C11H16O/c12-11(8-4-5-9-11)10-6-2-1-3-7-10/h2,6-7,12H,1,3-5,8-9H2. The topological polar surface area (TPSA) is 20.2 Å². The van der Waals surface area contributed by atoms with Gasteiger partial charge in [-0.1, -0.05) is 31.1 Å². The van der Waals surface area contributed by atoms with E-state index in [9.17, 15) is 5.11 Å². The van der Waals surface area contributed by atoms with Crippen LogP contribution in [0, 0.1) is 0 Å². The van der Waals surface area contributed by atoms with Crippen molar-refractivity contribution in [2.45, 2.75) is 44.1 Å². The average Bonchev–Trinajstić information content (AvgIpc) is 2.55. The van der Waals surface area contributed by atoms with Gasteiger partial charge in [-0.05, 0) is 31.3 Å². The van der Waals surface area contributed by atoms with Gasteiger partial charge in [-0.15, -0.1) is 0 Å². The first-order valence-corrected chi connectivity index (χ1v) is 4.91. The van der Waals surface area contributed by atoms with E-state index in [0.29, 0.717) is 0 Å². The first-order chi connectivity index (χ1) is 5.81. The first kappa shape index (κ1) is 8.06. The molecule has 0 bridgehead atoms. The Labute approximate surface area is 73.8 Å². The Kier molecular flexibility index (Phi) is 2.05. The highest BCUT2D eigenvalue weighted by Gasteiger charge is 2.33. The summed E-state index contributed by atoms with van der Waals surface area (Å²) in [6, 6.07) is 0. The van der Waals surface area contributed by atoms with Crippen LogP contribution in [0.4, 0.5) is 0 Å². The highest BCUT2D eigenvalue weighted by molar-refractivity contribution is 5.32. The van der Waals surface area contributed by atoms with E-state index in [0.717, 1.165) is 25.7 Å². The molecular weight excluding hydrogens is 148 g/mol. The van der Waals surface area contributed by atoms with Crippen molar-refractivity contribution >= 4 is 0 Å². The second kappa shape index (κ2) is 3.06. The molecule has 1 saturated carbocycles. The summed E-state index contributed by atoms with van der Waals surface area (Å²) in [4.78, 5) is 0. The molecule has 0 aliphatic heterocycles. The molecule has 0 saturated heterocycles. The van der Waals surface area contributed by atoms with Gasteiger partial charge < -0.3 is 5.11 Å². The van der Waals surface area contributed by atoms with Crippen molar-refractivity contribution in [2.24, 2.45) is 0 Å². The number of aliphatic hydroxyl groups is 1. The molecule has 12 heavy (non-hydrogen) atoms. The third-order valence-corrected chi connectivity index (χ3v) is 2.96. The molecule has 2 aliphatic carbocycles. The maximum absolute atomic E-state index is 10.2. The van der Waals surface area contributed by atoms with E-state index < -0.39 is 5.60 Å². The lowest BCUT2D eigenvalue weighted by atomic mass is 9.88. The molecule has 0 heterocycles. The molecule has 1 fully saturated rings. The van der Waals surface area contributed by atoms with E-state index in [1.807, 2.05) is 0 Å². The minimum atomic E-state index is -0.461. The molecule has 66 valence electrons. The molecule has 0 unspecified atom stereocenters. The normalized spacial score (nSPS) is 27.2. The van der Waals surface area contributed by atoms with Gasteiger partial charge in [0.05, 0.1) is 5.60 Å². The smallest absolute Gasteiger partial charge is 0.0893 e. The molecule has 0 amide bonds. The summed E-state index contributed by atoms with van der Waals surface area (Å²) in [7, 11) is 0. The fourth-order valence-corrected chi connectivity index (χ4v) is 2.21. The maximum atomic E-state index is 10.2. The first-order valence-electron chi connectivity index (χ1n) is 4.91. The van der Waals surface area contributed by atoms with Crippen LogP contribution in [-0.4, -0.2) is 10.7 Å². The van der Waals surface area contributed by atoms with Gasteiger partial charge >= 0.3 is 0 Å². The Morgan fingerprint density at radius 3 is 2.50 bits per heavy atom. The Bertz CT molecular complexity index is 219. The van der Waals surface area contributed by atoms with Crippen molar-refractivity contribution < 1.29 is 5.11 Å². The largest absolute Gasteiger partial charge is 0.385 e. The van der Waals surface area contributed by atoms with Crippen molar-refractivity contribution in [2.75, 3.05) is 0 Å². The molecule has 0 aromatic rings. The van der Waals surface area contributed by atoms with Crippen LogP contribution in [0.5, 0.6) is 0 Å². The molecule has 1 nitrogen and oxygen atoms in total. The summed E-state index contributed by atoms with van der Waals surface area (Å²) in [6.07, 6.45) is 13.0. The van der Waals surface area contributed by atoms with E-state index in [4.69, 9.17) is 0 Å². The fourth-order valence-electron chi connectivity index (χ4n) is 2.21. The van der Waals surface area contributed by atoms with E-state index in [-0.39, 0.29) is 0 Å². The number of hydrogen-bond acceptors (Lipinski definition) is 1. The van der Waals surface area contributed by atoms with Crippen molar-refractivity contribution in [3.8, 4) is 0 Å². The summed E-state index contributed by atoms with van der Waals surface area (Å²) >= 11 is 0. The van der Waals surface area contributed by atoms with Crippen LogP contribution in [0.2, 0.25) is 0 Å².